The molecule has 0 saturated heterocycles. The molecule has 0 heterocycles. The fraction of sp³-hybridized carbons (Fsp3) is 0.385. The van der Waals surface area contributed by atoms with E-state index >= 15 is 0 Å². The van der Waals surface area contributed by atoms with Gasteiger partial charge in [0.2, 0.25) is 0 Å². The molecule has 3 N–H and O–H groups in total. The van der Waals surface area contributed by atoms with Crippen LogP contribution in [0, 0.1) is 13.8 Å². The monoisotopic (exact) mass is 266 g/mol. The second-order valence-corrected chi connectivity index (χ2v) is 3.89. The normalized spacial score (nSPS) is 8.68. The zero-order valence-corrected chi connectivity index (χ0v) is 12.1. The second kappa shape index (κ2) is 8.79. The van der Waals surface area contributed by atoms with E-state index in [1.54, 1.807) is 0 Å². The molecule has 0 unspecified atom stereocenters. The highest BCUT2D eigenvalue weighted by atomic mass is 16.2. The van der Waals surface area contributed by atoms with Crippen molar-refractivity contribution < 1.29 is 9.59 Å². The first kappa shape index (κ1) is 16.8. The minimum Gasteiger partial charge on any atom is -0.340 e. The molecular formula is C13H22N4O2. The van der Waals surface area contributed by atoms with Crippen molar-refractivity contribution in [3.05, 3.63) is 35.4 Å². The number of nitrogens with zero attached hydrogens (tertiary/aromatic N) is 1. The predicted molar refractivity (Wildman–Crippen MR) is 75.7 cm³/mol. The first-order valence-corrected chi connectivity index (χ1v) is 5.88. The maximum Gasteiger partial charge on any atom is 0.335 e. The third-order valence-corrected chi connectivity index (χ3v) is 2.44. The number of urea groups is 2. The quantitative estimate of drug-likeness (QED) is 0.621. The van der Waals surface area contributed by atoms with Gasteiger partial charge in [-0.05, 0) is 25.0 Å². The topological polar surface area (TPSA) is 73.5 Å². The molecule has 0 atom stereocenters. The van der Waals surface area contributed by atoms with Gasteiger partial charge in [-0.15, -0.1) is 0 Å². The van der Waals surface area contributed by atoms with Crippen molar-refractivity contribution in [1.82, 2.24) is 21.1 Å². The molecule has 0 radical (unpaired) electrons. The summed E-state index contributed by atoms with van der Waals surface area (Å²) in [4.78, 5) is 21.3. The number of rotatable bonds is 0. The molecule has 1 aromatic rings. The van der Waals surface area contributed by atoms with Gasteiger partial charge < -0.3 is 10.6 Å². The predicted octanol–water partition coefficient (Wildman–Crippen LogP) is 1.41. The summed E-state index contributed by atoms with van der Waals surface area (Å²) < 4.78 is 0. The number of carbonyl (C=O) groups excluding carboxylic acids is 2. The summed E-state index contributed by atoms with van der Waals surface area (Å²) in [6.45, 7) is 4.24. The molecule has 0 aliphatic rings. The zero-order chi connectivity index (χ0) is 14.8. The van der Waals surface area contributed by atoms with Crippen LogP contribution in [0.25, 0.3) is 0 Å². The molecule has 0 saturated carbocycles. The Kier molecular flexibility index (Phi) is 7.76. The largest absolute Gasteiger partial charge is 0.340 e. The summed E-state index contributed by atoms with van der Waals surface area (Å²) in [5.74, 6) is 0. The number of hydrogen-bond donors (Lipinski definition) is 3. The van der Waals surface area contributed by atoms with Crippen molar-refractivity contribution in [3.63, 3.8) is 0 Å². The van der Waals surface area contributed by atoms with Crippen LogP contribution in [0.1, 0.15) is 11.1 Å². The van der Waals surface area contributed by atoms with Crippen LogP contribution in [0.5, 0.6) is 0 Å². The summed E-state index contributed by atoms with van der Waals surface area (Å²) in [5, 5.41) is 5.68. The van der Waals surface area contributed by atoms with E-state index in [1.165, 1.54) is 32.3 Å². The van der Waals surface area contributed by atoms with E-state index in [1.807, 2.05) is 0 Å². The Balaban J connectivity index is 0.000000356. The molecule has 0 aliphatic heterocycles. The van der Waals surface area contributed by atoms with Crippen molar-refractivity contribution in [1.29, 1.82) is 0 Å². The number of benzene rings is 1. The third-order valence-electron chi connectivity index (χ3n) is 2.44. The molecule has 6 heteroatoms. The van der Waals surface area contributed by atoms with Crippen molar-refractivity contribution in [2.24, 2.45) is 0 Å². The number of hydrazine groups is 1. The van der Waals surface area contributed by atoms with E-state index < -0.39 is 6.03 Å². The summed E-state index contributed by atoms with van der Waals surface area (Å²) in [6.07, 6.45) is 0. The fourth-order valence-corrected chi connectivity index (χ4v) is 1.09. The van der Waals surface area contributed by atoms with E-state index in [0.717, 1.165) is 5.01 Å². The van der Waals surface area contributed by atoms with Gasteiger partial charge in [-0.3, -0.25) is 0 Å². The van der Waals surface area contributed by atoms with Gasteiger partial charge in [0, 0.05) is 21.1 Å². The Morgan fingerprint density at radius 3 is 1.79 bits per heavy atom. The fourth-order valence-electron chi connectivity index (χ4n) is 1.09. The molecule has 4 amide bonds. The van der Waals surface area contributed by atoms with Crippen LogP contribution in [-0.2, 0) is 0 Å². The lowest BCUT2D eigenvalue weighted by Gasteiger charge is -2.16. The molecule has 0 aromatic heterocycles. The smallest absolute Gasteiger partial charge is 0.335 e. The van der Waals surface area contributed by atoms with E-state index in [0.29, 0.717) is 0 Å². The standard InChI is InChI=1S/C8H10.C5H12N4O2/c1-7-5-3-4-6-8(7)2;1-6-4(10)8-9(3)5(11)7-2/h3-6H,1-2H3;1-3H3,(H,7,11)(H2,6,8,10). The van der Waals surface area contributed by atoms with Gasteiger partial charge in [-0.25, -0.2) is 20.0 Å². The Morgan fingerprint density at radius 2 is 1.47 bits per heavy atom. The van der Waals surface area contributed by atoms with Crippen LogP contribution in [0.2, 0.25) is 0 Å². The average Bonchev–Trinajstić information content (AvgIpc) is 2.41. The van der Waals surface area contributed by atoms with E-state index in [2.05, 4.69) is 54.2 Å². The molecule has 0 aliphatic carbocycles. The van der Waals surface area contributed by atoms with Crippen molar-refractivity contribution in [3.8, 4) is 0 Å². The van der Waals surface area contributed by atoms with Crippen LogP contribution in [0.4, 0.5) is 9.59 Å². The van der Waals surface area contributed by atoms with Crippen molar-refractivity contribution in [2.75, 3.05) is 21.1 Å². The molecule has 1 aromatic carbocycles. The Morgan fingerprint density at radius 1 is 1.00 bits per heavy atom. The summed E-state index contributed by atoms with van der Waals surface area (Å²) in [7, 11) is 4.38. The molecule has 0 fully saturated rings. The minimum atomic E-state index is -0.434. The highest BCUT2D eigenvalue weighted by Crippen LogP contribution is 2.02. The molecule has 6 nitrogen and oxygen atoms in total. The van der Waals surface area contributed by atoms with Gasteiger partial charge in [-0.1, -0.05) is 24.3 Å². The van der Waals surface area contributed by atoms with Crippen LogP contribution in [0.15, 0.2) is 24.3 Å². The van der Waals surface area contributed by atoms with Crippen LogP contribution in [-0.4, -0.2) is 38.2 Å². The molecular weight excluding hydrogens is 244 g/mol. The molecule has 1 rings (SSSR count). The number of nitrogens with one attached hydrogen (secondary N) is 3. The van der Waals surface area contributed by atoms with Gasteiger partial charge in [-0.2, -0.15) is 0 Å². The van der Waals surface area contributed by atoms with Crippen molar-refractivity contribution >= 4 is 12.1 Å². The summed E-state index contributed by atoms with van der Waals surface area (Å²) in [5.41, 5.74) is 4.99. The van der Waals surface area contributed by atoms with Gasteiger partial charge in [0.25, 0.3) is 0 Å². The molecule has 19 heavy (non-hydrogen) atoms. The SMILES string of the molecule is CNC(=O)NN(C)C(=O)NC.Cc1ccccc1C. The van der Waals surface area contributed by atoms with E-state index in [4.69, 9.17) is 0 Å². The number of aryl methyl sites for hydroxylation is 2. The van der Waals surface area contributed by atoms with Crippen LogP contribution >= 0.6 is 0 Å². The van der Waals surface area contributed by atoms with Crippen LogP contribution in [0.3, 0.4) is 0 Å². The Bertz CT molecular complexity index is 400. The second-order valence-electron chi connectivity index (χ2n) is 3.89. The van der Waals surface area contributed by atoms with Gasteiger partial charge in [0.05, 0.1) is 0 Å². The first-order chi connectivity index (χ1) is 8.92. The molecule has 0 spiro atoms. The lowest BCUT2D eigenvalue weighted by molar-refractivity contribution is 0.183. The van der Waals surface area contributed by atoms with E-state index in [-0.39, 0.29) is 6.03 Å². The zero-order valence-electron chi connectivity index (χ0n) is 12.1. The maximum absolute atomic E-state index is 10.7. The number of hydrogen-bond acceptors (Lipinski definition) is 2. The van der Waals surface area contributed by atoms with E-state index in [9.17, 15) is 9.59 Å². The average molecular weight is 266 g/mol. The van der Waals surface area contributed by atoms with Gasteiger partial charge in [0.15, 0.2) is 0 Å². The molecule has 106 valence electrons. The summed E-state index contributed by atoms with van der Waals surface area (Å²) in [6, 6.07) is 7.54. The Labute approximate surface area is 114 Å². The lowest BCUT2D eigenvalue weighted by atomic mass is 10.1. The van der Waals surface area contributed by atoms with Gasteiger partial charge in [0.1, 0.15) is 0 Å². The maximum atomic E-state index is 10.7. The summed E-state index contributed by atoms with van der Waals surface area (Å²) >= 11 is 0. The minimum absolute atomic E-state index is 0.381. The van der Waals surface area contributed by atoms with Gasteiger partial charge >= 0.3 is 12.1 Å². The highest BCUT2D eigenvalue weighted by Gasteiger charge is 2.06. The molecule has 0 bridgehead atoms. The third kappa shape index (κ3) is 6.92. The van der Waals surface area contributed by atoms with Crippen LogP contribution < -0.4 is 16.1 Å². The Hall–Kier alpha value is -2.24. The lowest BCUT2D eigenvalue weighted by Crippen LogP contribution is -2.50. The first-order valence-electron chi connectivity index (χ1n) is 5.88. The number of carbonyl (C=O) groups is 2. The van der Waals surface area contributed by atoms with Crippen molar-refractivity contribution in [2.45, 2.75) is 13.8 Å². The highest BCUT2D eigenvalue weighted by molar-refractivity contribution is 5.79. The number of amides is 4.